The van der Waals surface area contributed by atoms with Crippen LogP contribution in [-0.2, 0) is 4.79 Å². The maximum absolute atomic E-state index is 11.9. The third kappa shape index (κ3) is 5.57. The average molecular weight is 321 g/mol. The Kier molecular flexibility index (Phi) is 8.62. The van der Waals surface area contributed by atoms with E-state index in [2.05, 4.69) is 0 Å². The lowest BCUT2D eigenvalue weighted by atomic mass is 10.0. The van der Waals surface area contributed by atoms with E-state index in [1.807, 2.05) is 26.0 Å². The van der Waals surface area contributed by atoms with Crippen LogP contribution in [0.25, 0.3) is 0 Å². The van der Waals surface area contributed by atoms with E-state index in [0.29, 0.717) is 23.9 Å². The predicted molar refractivity (Wildman–Crippen MR) is 84.6 cm³/mol. The van der Waals surface area contributed by atoms with Crippen molar-refractivity contribution in [2.75, 3.05) is 20.2 Å². The quantitative estimate of drug-likeness (QED) is 0.876. The molecule has 114 valence electrons. The van der Waals surface area contributed by atoms with Crippen LogP contribution < -0.4 is 10.5 Å². The van der Waals surface area contributed by atoms with Crippen molar-refractivity contribution in [2.45, 2.75) is 19.9 Å². The Morgan fingerprint density at radius 1 is 1.40 bits per heavy atom. The highest BCUT2D eigenvalue weighted by molar-refractivity contribution is 6.32. The molecule has 2 N–H and O–H groups in total. The van der Waals surface area contributed by atoms with Crippen LogP contribution in [0, 0.1) is 5.92 Å². The number of hydrogen-bond acceptors (Lipinski definition) is 3. The van der Waals surface area contributed by atoms with E-state index < -0.39 is 6.04 Å². The number of benzene rings is 1. The van der Waals surface area contributed by atoms with Crippen LogP contribution >= 0.6 is 24.0 Å². The van der Waals surface area contributed by atoms with Crippen LogP contribution in [0.15, 0.2) is 24.3 Å². The van der Waals surface area contributed by atoms with Gasteiger partial charge in [-0.3, -0.25) is 4.79 Å². The lowest BCUT2D eigenvalue weighted by molar-refractivity contribution is -0.132. The highest BCUT2D eigenvalue weighted by Crippen LogP contribution is 2.22. The van der Waals surface area contributed by atoms with Gasteiger partial charge in [0.2, 0.25) is 5.91 Å². The van der Waals surface area contributed by atoms with Crippen molar-refractivity contribution in [3.63, 3.8) is 0 Å². The van der Waals surface area contributed by atoms with Crippen molar-refractivity contribution in [2.24, 2.45) is 11.7 Å². The number of ether oxygens (including phenoxy) is 1. The standard InChI is InChI=1S/C14H21ClN2O2.ClH/c1-10(2)13(16)14(18)17(3)8-9-19-12-7-5-4-6-11(12)15;/h4-7,10,13H,8-9,16H2,1-3H3;1H/t13-;/m0./s1. The zero-order chi connectivity index (χ0) is 14.4. The molecule has 0 fully saturated rings. The maximum Gasteiger partial charge on any atom is 0.239 e. The fourth-order valence-electron chi connectivity index (χ4n) is 1.50. The maximum atomic E-state index is 11.9. The molecule has 20 heavy (non-hydrogen) atoms. The average Bonchev–Trinajstić information content (AvgIpc) is 2.38. The van der Waals surface area contributed by atoms with Gasteiger partial charge < -0.3 is 15.4 Å². The molecule has 0 saturated carbocycles. The summed E-state index contributed by atoms with van der Waals surface area (Å²) in [5.74, 6) is 0.676. The molecule has 0 aliphatic carbocycles. The van der Waals surface area contributed by atoms with Crippen LogP contribution in [0.4, 0.5) is 0 Å². The first-order valence-electron chi connectivity index (χ1n) is 6.31. The van der Waals surface area contributed by atoms with Crippen molar-refractivity contribution >= 4 is 29.9 Å². The molecule has 1 rings (SSSR count). The van der Waals surface area contributed by atoms with Gasteiger partial charge in [-0.05, 0) is 18.1 Å². The summed E-state index contributed by atoms with van der Waals surface area (Å²) in [4.78, 5) is 13.5. The van der Waals surface area contributed by atoms with E-state index in [9.17, 15) is 4.79 Å². The van der Waals surface area contributed by atoms with Crippen LogP contribution in [-0.4, -0.2) is 37.0 Å². The molecule has 0 heterocycles. The fraction of sp³-hybridized carbons (Fsp3) is 0.500. The molecule has 6 heteroatoms. The van der Waals surface area contributed by atoms with Crippen molar-refractivity contribution in [1.29, 1.82) is 0 Å². The Hall–Kier alpha value is -0.970. The Balaban J connectivity index is 0.00000361. The minimum Gasteiger partial charge on any atom is -0.490 e. The second-order valence-corrected chi connectivity index (χ2v) is 5.22. The van der Waals surface area contributed by atoms with Crippen LogP contribution in [0.5, 0.6) is 5.75 Å². The van der Waals surface area contributed by atoms with E-state index in [4.69, 9.17) is 22.1 Å². The number of hydrogen-bond donors (Lipinski definition) is 1. The first kappa shape index (κ1) is 19.0. The predicted octanol–water partition coefficient (Wildman–Crippen LogP) is 2.58. The van der Waals surface area contributed by atoms with E-state index in [1.165, 1.54) is 0 Å². The second-order valence-electron chi connectivity index (χ2n) is 4.81. The number of carbonyl (C=O) groups is 1. The summed E-state index contributed by atoms with van der Waals surface area (Å²) in [6.45, 7) is 4.72. The van der Waals surface area contributed by atoms with E-state index in [-0.39, 0.29) is 24.2 Å². The molecular weight excluding hydrogens is 299 g/mol. The molecule has 0 bridgehead atoms. The molecule has 0 aliphatic heterocycles. The molecule has 0 saturated heterocycles. The van der Waals surface area contributed by atoms with Gasteiger partial charge in [-0.15, -0.1) is 12.4 Å². The lowest BCUT2D eigenvalue weighted by Crippen LogP contribution is -2.46. The number of likely N-dealkylation sites (N-methyl/N-ethyl adjacent to an activating group) is 1. The van der Waals surface area contributed by atoms with Gasteiger partial charge in [0.1, 0.15) is 12.4 Å². The molecule has 0 radical (unpaired) electrons. The Morgan fingerprint density at radius 2 is 2.00 bits per heavy atom. The highest BCUT2D eigenvalue weighted by Gasteiger charge is 2.20. The Morgan fingerprint density at radius 3 is 2.55 bits per heavy atom. The number of nitrogens with two attached hydrogens (primary N) is 1. The molecule has 1 aromatic carbocycles. The number of carbonyl (C=O) groups excluding carboxylic acids is 1. The number of nitrogens with zero attached hydrogens (tertiary/aromatic N) is 1. The van der Waals surface area contributed by atoms with Gasteiger partial charge in [0.05, 0.1) is 17.6 Å². The van der Waals surface area contributed by atoms with Crippen molar-refractivity contribution in [3.05, 3.63) is 29.3 Å². The van der Waals surface area contributed by atoms with Gasteiger partial charge >= 0.3 is 0 Å². The molecule has 0 spiro atoms. The summed E-state index contributed by atoms with van der Waals surface area (Å²) in [6.07, 6.45) is 0. The third-order valence-electron chi connectivity index (χ3n) is 2.90. The monoisotopic (exact) mass is 320 g/mol. The molecule has 4 nitrogen and oxygen atoms in total. The Bertz CT molecular complexity index is 427. The first-order valence-corrected chi connectivity index (χ1v) is 6.69. The number of amides is 1. The minimum atomic E-state index is -0.467. The number of halogens is 2. The second kappa shape index (κ2) is 9.06. The Labute approximate surface area is 131 Å². The number of rotatable bonds is 6. The van der Waals surface area contributed by atoms with Gasteiger partial charge in [0.25, 0.3) is 0 Å². The molecule has 0 aromatic heterocycles. The smallest absolute Gasteiger partial charge is 0.239 e. The van der Waals surface area contributed by atoms with Crippen LogP contribution in [0.2, 0.25) is 5.02 Å². The lowest BCUT2D eigenvalue weighted by Gasteiger charge is -2.23. The molecule has 1 atom stereocenters. The van der Waals surface area contributed by atoms with Crippen molar-refractivity contribution in [3.8, 4) is 5.75 Å². The third-order valence-corrected chi connectivity index (χ3v) is 3.21. The largest absolute Gasteiger partial charge is 0.490 e. The first-order chi connectivity index (χ1) is 8.93. The highest BCUT2D eigenvalue weighted by atomic mass is 35.5. The van der Waals surface area contributed by atoms with Crippen LogP contribution in [0.1, 0.15) is 13.8 Å². The topological polar surface area (TPSA) is 55.6 Å². The van der Waals surface area contributed by atoms with Gasteiger partial charge in [0.15, 0.2) is 0 Å². The summed E-state index contributed by atoms with van der Waals surface area (Å²) < 4.78 is 5.53. The number of para-hydroxylation sites is 1. The van der Waals surface area contributed by atoms with Gasteiger partial charge in [-0.25, -0.2) is 0 Å². The summed E-state index contributed by atoms with van der Waals surface area (Å²) in [5.41, 5.74) is 5.81. The molecular formula is C14H22Cl2N2O2. The van der Waals surface area contributed by atoms with Crippen molar-refractivity contribution < 1.29 is 9.53 Å². The molecule has 1 aromatic rings. The molecule has 1 amide bonds. The van der Waals surface area contributed by atoms with Gasteiger partial charge in [-0.1, -0.05) is 37.6 Å². The summed E-state index contributed by atoms with van der Waals surface area (Å²) in [6, 6.07) is 6.78. The minimum absolute atomic E-state index is 0. The zero-order valence-electron chi connectivity index (χ0n) is 12.0. The van der Waals surface area contributed by atoms with E-state index >= 15 is 0 Å². The van der Waals surface area contributed by atoms with Gasteiger partial charge in [0, 0.05) is 7.05 Å². The van der Waals surface area contributed by atoms with Crippen LogP contribution in [0.3, 0.4) is 0 Å². The zero-order valence-corrected chi connectivity index (χ0v) is 13.6. The van der Waals surface area contributed by atoms with E-state index in [1.54, 1.807) is 24.1 Å². The van der Waals surface area contributed by atoms with E-state index in [0.717, 1.165) is 0 Å². The summed E-state index contributed by atoms with van der Waals surface area (Å²) >= 11 is 5.97. The van der Waals surface area contributed by atoms with Gasteiger partial charge in [-0.2, -0.15) is 0 Å². The fourth-order valence-corrected chi connectivity index (χ4v) is 1.69. The summed E-state index contributed by atoms with van der Waals surface area (Å²) in [7, 11) is 1.72. The normalized spacial score (nSPS) is 11.7. The van der Waals surface area contributed by atoms with Crippen molar-refractivity contribution in [1.82, 2.24) is 4.90 Å². The molecule has 0 unspecified atom stereocenters. The summed E-state index contributed by atoms with van der Waals surface area (Å²) in [5, 5.41) is 0.565. The SMILES string of the molecule is CC(C)[C@H](N)C(=O)N(C)CCOc1ccccc1Cl.Cl. The molecule has 0 aliphatic rings.